The summed E-state index contributed by atoms with van der Waals surface area (Å²) >= 11 is 0. The summed E-state index contributed by atoms with van der Waals surface area (Å²) in [5.41, 5.74) is 1.51. The Morgan fingerprint density at radius 3 is 2.68 bits per heavy atom. The maximum Gasteiger partial charge on any atom is 0.183 e. The fourth-order valence-corrected chi connectivity index (χ4v) is 4.06. The second-order valence-electron chi connectivity index (χ2n) is 8.23. The molecule has 5 rings (SSSR count). The Morgan fingerprint density at radius 1 is 1.16 bits per heavy atom. The molecule has 0 unspecified atom stereocenters. The zero-order chi connectivity index (χ0) is 25.9. The largest absolute Gasteiger partial charge is 0.494 e. The summed E-state index contributed by atoms with van der Waals surface area (Å²) in [6.45, 7) is 1.89. The number of allylic oxidation sites excluding steroid dienone is 3. The highest BCUT2D eigenvalue weighted by Crippen LogP contribution is 2.31. The van der Waals surface area contributed by atoms with Gasteiger partial charge in [0.25, 0.3) is 0 Å². The first-order valence-corrected chi connectivity index (χ1v) is 11.6. The van der Waals surface area contributed by atoms with E-state index in [4.69, 9.17) is 9.47 Å². The Hall–Kier alpha value is -4.60. The standard InChI is InChI=1S/C27H23F2N5O3/c1-3-37-18-12-21(28)20(22(29)13-18)15-34-23-10-5-4-9-19(23)25(33-34)27-30-14-24(36-2)26(32-27)31-16-7-6-8-17(35)11-16/h4-7,9-14H,3,8,15H2,1-2H3,(H,30,31,32). The van der Waals surface area contributed by atoms with E-state index in [1.807, 2.05) is 24.3 Å². The van der Waals surface area contributed by atoms with E-state index in [-0.39, 0.29) is 29.5 Å². The molecule has 2 heterocycles. The van der Waals surface area contributed by atoms with Gasteiger partial charge in [-0.2, -0.15) is 5.10 Å². The van der Waals surface area contributed by atoms with Crippen LogP contribution in [0, 0.1) is 11.6 Å². The third kappa shape index (κ3) is 4.90. The van der Waals surface area contributed by atoms with Crippen molar-refractivity contribution in [2.75, 3.05) is 19.0 Å². The first-order valence-electron chi connectivity index (χ1n) is 11.6. The number of methoxy groups -OCH3 is 1. The van der Waals surface area contributed by atoms with Gasteiger partial charge in [-0.1, -0.05) is 24.3 Å². The van der Waals surface area contributed by atoms with E-state index >= 15 is 0 Å². The van der Waals surface area contributed by atoms with Crippen molar-refractivity contribution in [2.45, 2.75) is 19.9 Å². The summed E-state index contributed by atoms with van der Waals surface area (Å²) in [6, 6.07) is 9.63. The zero-order valence-corrected chi connectivity index (χ0v) is 20.2. The highest BCUT2D eigenvalue weighted by atomic mass is 19.1. The van der Waals surface area contributed by atoms with Crippen LogP contribution in [0.3, 0.4) is 0 Å². The Kier molecular flexibility index (Phi) is 6.63. The van der Waals surface area contributed by atoms with Gasteiger partial charge in [0.15, 0.2) is 23.2 Å². The summed E-state index contributed by atoms with van der Waals surface area (Å²) < 4.78 is 41.7. The Balaban J connectivity index is 1.55. The lowest BCUT2D eigenvalue weighted by molar-refractivity contribution is -0.113. The van der Waals surface area contributed by atoms with E-state index in [0.717, 1.165) is 12.1 Å². The lowest BCUT2D eigenvalue weighted by atomic mass is 10.1. The van der Waals surface area contributed by atoms with Crippen LogP contribution in [-0.2, 0) is 11.3 Å². The predicted molar refractivity (Wildman–Crippen MR) is 134 cm³/mol. The van der Waals surface area contributed by atoms with Crippen molar-refractivity contribution in [3.63, 3.8) is 0 Å². The van der Waals surface area contributed by atoms with Gasteiger partial charge in [0.1, 0.15) is 23.1 Å². The summed E-state index contributed by atoms with van der Waals surface area (Å²) in [5.74, 6) is -0.350. The molecule has 0 saturated carbocycles. The zero-order valence-electron chi connectivity index (χ0n) is 20.2. The minimum absolute atomic E-state index is 0.0308. The summed E-state index contributed by atoms with van der Waals surface area (Å²) in [5, 5.41) is 8.43. The van der Waals surface area contributed by atoms with Crippen molar-refractivity contribution >= 4 is 22.5 Å². The van der Waals surface area contributed by atoms with Gasteiger partial charge in [0.05, 0.1) is 32.0 Å². The topological polar surface area (TPSA) is 91.2 Å². The van der Waals surface area contributed by atoms with Crippen LogP contribution in [0.4, 0.5) is 14.6 Å². The maximum absolute atomic E-state index is 14.8. The number of benzene rings is 2. The second kappa shape index (κ2) is 10.2. The molecule has 8 nitrogen and oxygen atoms in total. The molecule has 1 N–H and O–H groups in total. The first-order chi connectivity index (χ1) is 18.0. The Bertz CT molecular complexity index is 1540. The van der Waals surface area contributed by atoms with Crippen molar-refractivity contribution in [1.82, 2.24) is 19.7 Å². The van der Waals surface area contributed by atoms with Crippen molar-refractivity contribution in [3.05, 3.63) is 83.7 Å². The molecule has 1 aliphatic carbocycles. The third-order valence-electron chi connectivity index (χ3n) is 5.77. The number of rotatable bonds is 8. The van der Waals surface area contributed by atoms with Crippen LogP contribution in [0.15, 0.2) is 66.5 Å². The monoisotopic (exact) mass is 503 g/mol. The number of ketones is 1. The minimum Gasteiger partial charge on any atom is -0.494 e. The number of nitrogens with one attached hydrogen (secondary N) is 1. The van der Waals surface area contributed by atoms with Gasteiger partial charge < -0.3 is 14.8 Å². The SMILES string of the molecule is CCOc1cc(F)c(Cn2nc(-c3ncc(OC)c(NC4=CC(=O)CC=C4)n3)c3ccccc32)c(F)c1. The number of nitrogens with zero attached hydrogens (tertiary/aromatic N) is 4. The quantitative estimate of drug-likeness (QED) is 0.360. The number of anilines is 1. The minimum atomic E-state index is -0.722. The van der Waals surface area contributed by atoms with Gasteiger partial charge in [0.2, 0.25) is 0 Å². The number of hydrogen-bond donors (Lipinski definition) is 1. The predicted octanol–water partition coefficient (Wildman–Crippen LogP) is 5.05. The highest BCUT2D eigenvalue weighted by Gasteiger charge is 2.20. The number of carbonyl (C=O) groups excluding carboxylic acids is 1. The lowest BCUT2D eigenvalue weighted by Crippen LogP contribution is -2.09. The number of halogens is 2. The van der Waals surface area contributed by atoms with Gasteiger partial charge in [-0.05, 0) is 19.1 Å². The first kappa shape index (κ1) is 24.1. The molecule has 0 amide bonds. The van der Waals surface area contributed by atoms with E-state index in [9.17, 15) is 13.6 Å². The van der Waals surface area contributed by atoms with E-state index in [1.165, 1.54) is 24.1 Å². The molecule has 10 heteroatoms. The fraction of sp³-hybridized carbons (Fsp3) is 0.185. The number of carbonyl (C=O) groups is 1. The Labute approximate surface area is 211 Å². The molecule has 0 spiro atoms. The summed E-state index contributed by atoms with van der Waals surface area (Å²) in [6.07, 6.45) is 6.88. The molecule has 0 saturated heterocycles. The van der Waals surface area contributed by atoms with Crippen LogP contribution in [0.25, 0.3) is 22.4 Å². The average molecular weight is 504 g/mol. The molecule has 37 heavy (non-hydrogen) atoms. The number of para-hydroxylation sites is 1. The van der Waals surface area contributed by atoms with Crippen LogP contribution in [0.5, 0.6) is 11.5 Å². The van der Waals surface area contributed by atoms with Crippen molar-refractivity contribution in [2.24, 2.45) is 0 Å². The normalized spacial score (nSPS) is 13.1. The van der Waals surface area contributed by atoms with E-state index in [0.29, 0.717) is 46.9 Å². The molecular formula is C27H23F2N5O3. The molecule has 1 aliphatic rings. The maximum atomic E-state index is 14.8. The smallest absolute Gasteiger partial charge is 0.183 e. The molecule has 0 aliphatic heterocycles. The molecule has 0 fully saturated rings. The number of fused-ring (bicyclic) bond motifs is 1. The van der Waals surface area contributed by atoms with Crippen LogP contribution in [0.1, 0.15) is 18.9 Å². The highest BCUT2D eigenvalue weighted by molar-refractivity contribution is 5.94. The molecular weight excluding hydrogens is 480 g/mol. The van der Waals surface area contributed by atoms with Crippen LogP contribution < -0.4 is 14.8 Å². The van der Waals surface area contributed by atoms with Crippen LogP contribution >= 0.6 is 0 Å². The van der Waals surface area contributed by atoms with E-state index in [2.05, 4.69) is 20.4 Å². The van der Waals surface area contributed by atoms with E-state index in [1.54, 1.807) is 19.1 Å². The molecule has 0 bridgehead atoms. The average Bonchev–Trinajstić information content (AvgIpc) is 3.25. The van der Waals surface area contributed by atoms with Crippen LogP contribution in [-0.4, -0.2) is 39.2 Å². The second-order valence-corrected chi connectivity index (χ2v) is 8.23. The molecule has 4 aromatic rings. The summed E-state index contributed by atoms with van der Waals surface area (Å²) in [4.78, 5) is 20.8. The van der Waals surface area contributed by atoms with Crippen molar-refractivity contribution in [1.29, 1.82) is 0 Å². The van der Waals surface area contributed by atoms with Crippen molar-refractivity contribution in [3.8, 4) is 23.0 Å². The number of aromatic nitrogens is 4. The fourth-order valence-electron chi connectivity index (χ4n) is 4.06. The molecule has 0 atom stereocenters. The number of hydrogen-bond acceptors (Lipinski definition) is 7. The lowest BCUT2D eigenvalue weighted by Gasteiger charge is -2.13. The Morgan fingerprint density at radius 2 is 1.95 bits per heavy atom. The van der Waals surface area contributed by atoms with Gasteiger partial charge in [-0.15, -0.1) is 0 Å². The summed E-state index contributed by atoms with van der Waals surface area (Å²) in [7, 11) is 1.49. The van der Waals surface area contributed by atoms with Gasteiger partial charge in [-0.3, -0.25) is 9.48 Å². The van der Waals surface area contributed by atoms with E-state index < -0.39 is 11.6 Å². The van der Waals surface area contributed by atoms with Gasteiger partial charge in [-0.25, -0.2) is 18.7 Å². The number of ether oxygens (including phenoxy) is 2. The molecule has 2 aromatic carbocycles. The van der Waals surface area contributed by atoms with Gasteiger partial charge >= 0.3 is 0 Å². The molecule has 188 valence electrons. The van der Waals surface area contributed by atoms with Gasteiger partial charge in [0, 0.05) is 41.3 Å². The van der Waals surface area contributed by atoms with Crippen molar-refractivity contribution < 1.29 is 23.0 Å². The molecule has 2 aromatic heterocycles. The molecule has 0 radical (unpaired) electrons. The third-order valence-corrected chi connectivity index (χ3v) is 5.77. The van der Waals surface area contributed by atoms with Crippen LogP contribution in [0.2, 0.25) is 0 Å².